The summed E-state index contributed by atoms with van der Waals surface area (Å²) >= 11 is 0. The first-order chi connectivity index (χ1) is 12.1. The second kappa shape index (κ2) is 9.97. The average molecular weight is 345 g/mol. The molecule has 1 aromatic carbocycles. The standard InChI is InChI=1S/C20H27NO4/c22-18(14-12-16-9-5-2-6-10-16)21-17(19(23)20(24)25)13-11-15-7-3-1-4-8-15/h1,3-4,7-8,16-17H,2,5-6,9-14H2,(H,21,22)(H,24,25). The molecular formula is C20H27NO4. The van der Waals surface area contributed by atoms with Gasteiger partial charge in [-0.3, -0.25) is 9.59 Å². The van der Waals surface area contributed by atoms with Crippen LogP contribution in [0.15, 0.2) is 30.3 Å². The lowest BCUT2D eigenvalue weighted by molar-refractivity contribution is -0.150. The van der Waals surface area contributed by atoms with Gasteiger partial charge in [0.2, 0.25) is 5.91 Å². The molecule has 1 aliphatic rings. The zero-order chi connectivity index (χ0) is 18.1. The van der Waals surface area contributed by atoms with Crippen molar-refractivity contribution in [3.05, 3.63) is 35.9 Å². The summed E-state index contributed by atoms with van der Waals surface area (Å²) in [7, 11) is 0. The Bertz CT molecular complexity index is 579. The van der Waals surface area contributed by atoms with Crippen LogP contribution in [0.25, 0.3) is 0 Å². The monoisotopic (exact) mass is 345 g/mol. The third-order valence-corrected chi connectivity index (χ3v) is 4.93. The van der Waals surface area contributed by atoms with Crippen molar-refractivity contribution in [1.82, 2.24) is 5.32 Å². The van der Waals surface area contributed by atoms with Gasteiger partial charge in [0.15, 0.2) is 0 Å². The molecule has 25 heavy (non-hydrogen) atoms. The number of carbonyl (C=O) groups excluding carboxylic acids is 2. The molecule has 0 aliphatic heterocycles. The molecule has 5 heteroatoms. The molecule has 136 valence electrons. The van der Waals surface area contributed by atoms with Crippen LogP contribution < -0.4 is 5.32 Å². The minimum absolute atomic E-state index is 0.224. The highest BCUT2D eigenvalue weighted by molar-refractivity contribution is 6.35. The van der Waals surface area contributed by atoms with Crippen molar-refractivity contribution in [2.75, 3.05) is 0 Å². The van der Waals surface area contributed by atoms with E-state index in [0.717, 1.165) is 12.0 Å². The second-order valence-electron chi connectivity index (χ2n) is 6.86. The third-order valence-electron chi connectivity index (χ3n) is 4.93. The van der Waals surface area contributed by atoms with Gasteiger partial charge >= 0.3 is 5.97 Å². The molecule has 0 radical (unpaired) electrons. The molecular weight excluding hydrogens is 318 g/mol. The maximum absolute atomic E-state index is 12.2. The molecule has 0 heterocycles. The molecule has 1 atom stereocenters. The summed E-state index contributed by atoms with van der Waals surface area (Å²) in [5.41, 5.74) is 1.02. The van der Waals surface area contributed by atoms with Gasteiger partial charge < -0.3 is 10.4 Å². The van der Waals surface area contributed by atoms with Gasteiger partial charge in [0, 0.05) is 6.42 Å². The van der Waals surface area contributed by atoms with E-state index in [1.165, 1.54) is 32.1 Å². The number of aryl methyl sites for hydroxylation is 1. The number of Topliss-reactive ketones (excluding diaryl/α,β-unsaturated/α-hetero) is 1. The summed E-state index contributed by atoms with van der Waals surface area (Å²) in [6.07, 6.45) is 8.08. The Morgan fingerprint density at radius 3 is 2.40 bits per heavy atom. The van der Waals surface area contributed by atoms with E-state index < -0.39 is 17.8 Å². The summed E-state index contributed by atoms with van der Waals surface area (Å²) in [4.78, 5) is 35.1. The molecule has 2 N–H and O–H groups in total. The highest BCUT2D eigenvalue weighted by Gasteiger charge is 2.26. The number of aliphatic carboxylic acids is 1. The Hall–Kier alpha value is -2.17. The smallest absolute Gasteiger partial charge is 0.374 e. The maximum Gasteiger partial charge on any atom is 0.374 e. The minimum atomic E-state index is -1.49. The number of carboxylic acids is 1. The van der Waals surface area contributed by atoms with E-state index in [9.17, 15) is 14.4 Å². The van der Waals surface area contributed by atoms with E-state index in [1.807, 2.05) is 30.3 Å². The van der Waals surface area contributed by atoms with Gasteiger partial charge in [-0.05, 0) is 30.7 Å². The summed E-state index contributed by atoms with van der Waals surface area (Å²) in [5, 5.41) is 11.6. The second-order valence-corrected chi connectivity index (χ2v) is 6.86. The van der Waals surface area contributed by atoms with Gasteiger partial charge in [-0.1, -0.05) is 62.4 Å². The molecule has 0 aromatic heterocycles. The average Bonchev–Trinajstić information content (AvgIpc) is 2.64. The van der Waals surface area contributed by atoms with E-state index in [2.05, 4.69) is 5.32 Å². The van der Waals surface area contributed by atoms with E-state index in [0.29, 0.717) is 25.2 Å². The zero-order valence-electron chi connectivity index (χ0n) is 14.6. The van der Waals surface area contributed by atoms with Crippen LogP contribution in [-0.2, 0) is 20.8 Å². The van der Waals surface area contributed by atoms with Crippen LogP contribution in [0.3, 0.4) is 0 Å². The minimum Gasteiger partial charge on any atom is -0.475 e. The SMILES string of the molecule is O=C(CCC1CCCCC1)NC(CCc1ccccc1)C(=O)C(=O)O. The number of carboxylic acid groups (broad SMARTS) is 1. The van der Waals surface area contributed by atoms with Gasteiger partial charge in [0.05, 0.1) is 6.04 Å². The lowest BCUT2D eigenvalue weighted by Gasteiger charge is -2.22. The van der Waals surface area contributed by atoms with Gasteiger partial charge in [-0.15, -0.1) is 0 Å². The molecule has 1 amide bonds. The van der Waals surface area contributed by atoms with E-state index >= 15 is 0 Å². The molecule has 5 nitrogen and oxygen atoms in total. The fourth-order valence-electron chi connectivity index (χ4n) is 3.45. The Kier molecular flexibility index (Phi) is 7.64. The number of benzene rings is 1. The summed E-state index contributed by atoms with van der Waals surface area (Å²) in [6, 6.07) is 8.58. The van der Waals surface area contributed by atoms with Gasteiger partial charge in [0.25, 0.3) is 5.78 Å². The van der Waals surface area contributed by atoms with Crippen LogP contribution in [0.5, 0.6) is 0 Å². The van der Waals surface area contributed by atoms with Crippen molar-refractivity contribution in [1.29, 1.82) is 0 Å². The first-order valence-electron chi connectivity index (χ1n) is 9.16. The maximum atomic E-state index is 12.2. The van der Waals surface area contributed by atoms with Crippen molar-refractivity contribution < 1.29 is 19.5 Å². The normalized spacial score (nSPS) is 16.2. The number of hydrogen-bond acceptors (Lipinski definition) is 3. The van der Waals surface area contributed by atoms with Crippen molar-refractivity contribution in [3.63, 3.8) is 0 Å². The number of nitrogens with one attached hydrogen (secondary N) is 1. The molecule has 2 rings (SSSR count). The summed E-state index contributed by atoms with van der Waals surface area (Å²) < 4.78 is 0. The van der Waals surface area contributed by atoms with Gasteiger partial charge in [-0.2, -0.15) is 0 Å². The largest absolute Gasteiger partial charge is 0.475 e. The fraction of sp³-hybridized carbons (Fsp3) is 0.550. The predicted octanol–water partition coefficient (Wildman–Crippen LogP) is 3.12. The molecule has 1 saturated carbocycles. The molecule has 1 unspecified atom stereocenters. The molecule has 1 fully saturated rings. The Labute approximate surface area is 148 Å². The van der Waals surface area contributed by atoms with Crippen molar-refractivity contribution >= 4 is 17.7 Å². The summed E-state index contributed by atoms with van der Waals surface area (Å²) in [5.74, 6) is -2.08. The number of amides is 1. The number of ketones is 1. The molecule has 1 aliphatic carbocycles. The molecule has 0 bridgehead atoms. The molecule has 0 spiro atoms. The van der Waals surface area contributed by atoms with Crippen LogP contribution in [0.2, 0.25) is 0 Å². The van der Waals surface area contributed by atoms with Gasteiger partial charge in [0.1, 0.15) is 0 Å². The first kappa shape index (κ1) is 19.2. The number of carbonyl (C=O) groups is 3. The van der Waals surface area contributed by atoms with E-state index in [4.69, 9.17) is 5.11 Å². The predicted molar refractivity (Wildman–Crippen MR) is 95.1 cm³/mol. The topological polar surface area (TPSA) is 83.5 Å². The lowest BCUT2D eigenvalue weighted by Crippen LogP contribution is -2.44. The quantitative estimate of drug-likeness (QED) is 0.674. The first-order valence-corrected chi connectivity index (χ1v) is 9.16. The zero-order valence-corrected chi connectivity index (χ0v) is 14.6. The van der Waals surface area contributed by atoms with Crippen molar-refractivity contribution in [3.8, 4) is 0 Å². The van der Waals surface area contributed by atoms with E-state index in [-0.39, 0.29) is 5.91 Å². The Morgan fingerprint density at radius 2 is 1.76 bits per heavy atom. The third kappa shape index (κ3) is 6.69. The molecule has 0 saturated heterocycles. The van der Waals surface area contributed by atoms with Crippen LogP contribution in [-0.4, -0.2) is 28.8 Å². The fourth-order valence-corrected chi connectivity index (χ4v) is 3.45. The van der Waals surface area contributed by atoms with E-state index in [1.54, 1.807) is 0 Å². The Balaban J connectivity index is 1.85. The van der Waals surface area contributed by atoms with Crippen molar-refractivity contribution in [2.45, 2.75) is 63.8 Å². The number of hydrogen-bond donors (Lipinski definition) is 2. The van der Waals surface area contributed by atoms with Crippen LogP contribution in [0.1, 0.15) is 56.9 Å². The molecule has 1 aromatic rings. The highest BCUT2D eigenvalue weighted by Crippen LogP contribution is 2.27. The van der Waals surface area contributed by atoms with Crippen LogP contribution >= 0.6 is 0 Å². The number of rotatable bonds is 9. The lowest BCUT2D eigenvalue weighted by atomic mass is 9.86. The van der Waals surface area contributed by atoms with Gasteiger partial charge in [-0.25, -0.2) is 4.79 Å². The Morgan fingerprint density at radius 1 is 1.08 bits per heavy atom. The summed E-state index contributed by atoms with van der Waals surface area (Å²) in [6.45, 7) is 0. The van der Waals surface area contributed by atoms with Crippen molar-refractivity contribution in [2.24, 2.45) is 5.92 Å². The van der Waals surface area contributed by atoms with Crippen LogP contribution in [0.4, 0.5) is 0 Å². The highest BCUT2D eigenvalue weighted by atomic mass is 16.4. The van der Waals surface area contributed by atoms with Crippen LogP contribution in [0, 0.1) is 5.92 Å².